The average Bonchev–Trinajstić information content (AvgIpc) is 3.29. The van der Waals surface area contributed by atoms with Crippen molar-refractivity contribution in [2.24, 2.45) is 0 Å². The van der Waals surface area contributed by atoms with Crippen molar-refractivity contribution in [3.05, 3.63) is 102 Å². The fourth-order valence-corrected chi connectivity index (χ4v) is 3.97. The van der Waals surface area contributed by atoms with Crippen molar-refractivity contribution in [1.82, 2.24) is 0 Å². The van der Waals surface area contributed by atoms with Gasteiger partial charge in [0.2, 0.25) is 0 Å². The summed E-state index contributed by atoms with van der Waals surface area (Å²) in [6.07, 6.45) is 3.37. The second-order valence-corrected chi connectivity index (χ2v) is 7.78. The van der Waals surface area contributed by atoms with Crippen LogP contribution in [0, 0.1) is 0 Å². The third-order valence-electron chi connectivity index (χ3n) is 5.69. The van der Waals surface area contributed by atoms with Crippen LogP contribution in [0.3, 0.4) is 0 Å². The number of furan rings is 1. The summed E-state index contributed by atoms with van der Waals surface area (Å²) in [6, 6.07) is 26.8. The maximum Gasteiger partial charge on any atom is 0.343 e. The van der Waals surface area contributed by atoms with Crippen molar-refractivity contribution >= 4 is 16.9 Å². The Balaban J connectivity index is 1.33. The molecule has 1 aromatic heterocycles. The number of rotatable bonds is 11. The number of carbonyl (C=O) groups is 1. The summed E-state index contributed by atoms with van der Waals surface area (Å²) in [5.41, 5.74) is 4.28. The van der Waals surface area contributed by atoms with Gasteiger partial charge in [-0.05, 0) is 30.0 Å². The minimum absolute atomic E-state index is 0.154. The van der Waals surface area contributed by atoms with E-state index in [2.05, 4.69) is 53.3 Å². The molecule has 0 bridgehead atoms. The number of methoxy groups -OCH3 is 1. The van der Waals surface area contributed by atoms with Crippen LogP contribution in [0.4, 0.5) is 0 Å². The zero-order valence-electron chi connectivity index (χ0n) is 18.7. The first-order chi connectivity index (χ1) is 16.3. The van der Waals surface area contributed by atoms with Crippen LogP contribution >= 0.6 is 0 Å². The maximum absolute atomic E-state index is 11.4. The summed E-state index contributed by atoms with van der Waals surface area (Å²) >= 11 is 0. The second-order valence-electron chi connectivity index (χ2n) is 7.78. The van der Waals surface area contributed by atoms with Gasteiger partial charge in [-0.1, -0.05) is 72.8 Å². The maximum atomic E-state index is 11.4. The number of para-hydroxylation sites is 1. The lowest BCUT2D eigenvalue weighted by atomic mass is 9.89. The van der Waals surface area contributed by atoms with Crippen molar-refractivity contribution < 1.29 is 23.4 Å². The van der Waals surface area contributed by atoms with Crippen LogP contribution in [0.15, 0.2) is 89.5 Å². The SMILES string of the molecule is COC(=O)COc1cccc2c(CCOCCC(c3ccccc3)c3ccccc3)coc12. The van der Waals surface area contributed by atoms with Crippen LogP contribution < -0.4 is 4.74 Å². The Morgan fingerprint density at radius 1 is 0.879 bits per heavy atom. The third kappa shape index (κ3) is 5.82. The molecule has 4 rings (SSSR count). The Bertz CT molecular complexity index is 1110. The molecule has 0 N–H and O–H groups in total. The Morgan fingerprint density at radius 3 is 2.24 bits per heavy atom. The molecule has 0 spiro atoms. The molecule has 4 aromatic rings. The molecule has 0 atom stereocenters. The molecule has 0 aliphatic heterocycles. The van der Waals surface area contributed by atoms with E-state index in [-0.39, 0.29) is 6.61 Å². The van der Waals surface area contributed by atoms with Crippen molar-refractivity contribution in [2.75, 3.05) is 26.9 Å². The van der Waals surface area contributed by atoms with Gasteiger partial charge in [-0.2, -0.15) is 0 Å². The predicted molar refractivity (Wildman–Crippen MR) is 128 cm³/mol. The van der Waals surface area contributed by atoms with E-state index in [1.165, 1.54) is 18.2 Å². The topological polar surface area (TPSA) is 57.9 Å². The van der Waals surface area contributed by atoms with Gasteiger partial charge in [0.25, 0.3) is 0 Å². The molecule has 0 amide bonds. The van der Waals surface area contributed by atoms with Gasteiger partial charge in [0.05, 0.1) is 20.0 Å². The smallest absolute Gasteiger partial charge is 0.343 e. The van der Waals surface area contributed by atoms with Gasteiger partial charge in [-0.3, -0.25) is 0 Å². The monoisotopic (exact) mass is 444 g/mol. The zero-order chi connectivity index (χ0) is 22.9. The van der Waals surface area contributed by atoms with Gasteiger partial charge in [0.1, 0.15) is 0 Å². The highest BCUT2D eigenvalue weighted by Crippen LogP contribution is 2.31. The van der Waals surface area contributed by atoms with Crippen molar-refractivity contribution in [1.29, 1.82) is 0 Å². The fraction of sp³-hybridized carbons (Fsp3) is 0.250. The third-order valence-corrected chi connectivity index (χ3v) is 5.69. The summed E-state index contributed by atoms with van der Waals surface area (Å²) in [5, 5.41) is 0.965. The van der Waals surface area contributed by atoms with Crippen LogP contribution in [0.5, 0.6) is 5.75 Å². The van der Waals surface area contributed by atoms with Crippen LogP contribution in [-0.2, 0) is 20.7 Å². The molecular formula is C28H28O5. The first-order valence-electron chi connectivity index (χ1n) is 11.1. The summed E-state index contributed by atoms with van der Waals surface area (Å²) in [5.74, 6) is 0.395. The molecular weight excluding hydrogens is 416 g/mol. The van der Waals surface area contributed by atoms with Gasteiger partial charge >= 0.3 is 5.97 Å². The van der Waals surface area contributed by atoms with E-state index in [0.29, 0.717) is 30.5 Å². The Hall–Kier alpha value is -3.57. The minimum Gasteiger partial charge on any atom is -0.478 e. The molecule has 1 heterocycles. The Morgan fingerprint density at radius 2 is 1.58 bits per heavy atom. The molecule has 0 unspecified atom stereocenters. The Labute approximate surface area is 193 Å². The van der Waals surface area contributed by atoms with E-state index < -0.39 is 5.97 Å². The number of carbonyl (C=O) groups excluding carboxylic acids is 1. The van der Waals surface area contributed by atoms with Crippen LogP contribution in [0.1, 0.15) is 29.0 Å². The lowest BCUT2D eigenvalue weighted by Crippen LogP contribution is -2.12. The molecule has 0 aliphatic carbocycles. The molecule has 5 heteroatoms. The molecule has 170 valence electrons. The lowest BCUT2D eigenvalue weighted by Gasteiger charge is -2.18. The summed E-state index contributed by atoms with van der Waals surface area (Å²) in [6.45, 7) is 1.11. The standard InChI is InChI=1S/C28H28O5/c1-30-27(29)20-32-26-14-8-13-25-23(19-33-28(25)26)15-17-31-18-16-24(21-9-4-2-5-10-21)22-11-6-3-7-12-22/h2-14,19,24H,15-18,20H2,1H3. The summed E-state index contributed by atoms with van der Waals surface area (Å²) in [4.78, 5) is 11.4. The molecule has 0 saturated heterocycles. The van der Waals surface area contributed by atoms with Gasteiger partial charge in [-0.25, -0.2) is 4.79 Å². The number of benzene rings is 3. The average molecular weight is 445 g/mol. The molecule has 5 nitrogen and oxygen atoms in total. The van der Waals surface area contributed by atoms with Crippen molar-refractivity contribution in [3.8, 4) is 5.75 Å². The van der Waals surface area contributed by atoms with Crippen molar-refractivity contribution in [3.63, 3.8) is 0 Å². The molecule has 0 saturated carbocycles. The highest BCUT2D eigenvalue weighted by atomic mass is 16.6. The minimum atomic E-state index is -0.434. The molecule has 0 radical (unpaired) electrons. The van der Waals surface area contributed by atoms with Crippen molar-refractivity contribution in [2.45, 2.75) is 18.8 Å². The first kappa shape index (κ1) is 22.6. The van der Waals surface area contributed by atoms with Gasteiger partial charge < -0.3 is 18.6 Å². The van der Waals surface area contributed by atoms with E-state index >= 15 is 0 Å². The molecule has 0 aliphatic rings. The van der Waals surface area contributed by atoms with Gasteiger partial charge in [0, 0.05) is 23.5 Å². The van der Waals surface area contributed by atoms with Crippen LogP contribution in [0.25, 0.3) is 11.0 Å². The number of ether oxygens (including phenoxy) is 3. The highest BCUT2D eigenvalue weighted by Gasteiger charge is 2.15. The predicted octanol–water partition coefficient (Wildman–Crippen LogP) is 5.77. The summed E-state index contributed by atoms with van der Waals surface area (Å²) < 4.78 is 21.9. The van der Waals surface area contributed by atoms with E-state index in [1.807, 2.05) is 24.3 Å². The first-order valence-corrected chi connectivity index (χ1v) is 11.1. The second kappa shape index (κ2) is 11.3. The number of fused-ring (bicyclic) bond motifs is 1. The Kier molecular flexibility index (Phi) is 7.77. The number of hydrogen-bond acceptors (Lipinski definition) is 5. The normalized spacial score (nSPS) is 11.1. The number of esters is 1. The zero-order valence-corrected chi connectivity index (χ0v) is 18.7. The van der Waals surface area contributed by atoms with E-state index in [9.17, 15) is 4.79 Å². The van der Waals surface area contributed by atoms with Crippen LogP contribution in [-0.4, -0.2) is 32.9 Å². The van der Waals surface area contributed by atoms with E-state index in [0.717, 1.165) is 23.8 Å². The van der Waals surface area contributed by atoms with Gasteiger partial charge in [0.15, 0.2) is 17.9 Å². The molecule has 33 heavy (non-hydrogen) atoms. The largest absolute Gasteiger partial charge is 0.478 e. The fourth-order valence-electron chi connectivity index (χ4n) is 3.97. The van der Waals surface area contributed by atoms with E-state index in [4.69, 9.17) is 13.9 Å². The number of hydrogen-bond donors (Lipinski definition) is 0. The van der Waals surface area contributed by atoms with Gasteiger partial charge in [-0.15, -0.1) is 0 Å². The summed E-state index contributed by atoms with van der Waals surface area (Å²) in [7, 11) is 1.33. The van der Waals surface area contributed by atoms with Crippen LogP contribution in [0.2, 0.25) is 0 Å². The quantitative estimate of drug-likeness (QED) is 0.217. The lowest BCUT2D eigenvalue weighted by molar-refractivity contribution is -0.142. The van der Waals surface area contributed by atoms with E-state index in [1.54, 1.807) is 12.3 Å². The molecule has 3 aromatic carbocycles. The highest BCUT2D eigenvalue weighted by molar-refractivity contribution is 5.86. The molecule has 0 fully saturated rings.